The molecular weight excluding hydrogens is 416 g/mol. The molecular formula is C24H30O4S2. The minimum absolute atomic E-state index is 0.289. The van der Waals surface area contributed by atoms with Crippen molar-refractivity contribution in [3.05, 3.63) is 70.8 Å². The van der Waals surface area contributed by atoms with Gasteiger partial charge in [-0.15, -0.1) is 0 Å². The molecule has 0 bridgehead atoms. The average Bonchev–Trinajstić information content (AvgIpc) is 2.76. The summed E-state index contributed by atoms with van der Waals surface area (Å²) in [4.78, 5) is 24.0. The van der Waals surface area contributed by atoms with Crippen LogP contribution in [0.2, 0.25) is 0 Å². The highest BCUT2D eigenvalue weighted by molar-refractivity contribution is 8.76. The average molecular weight is 447 g/mol. The van der Waals surface area contributed by atoms with E-state index >= 15 is 0 Å². The second-order valence-corrected chi connectivity index (χ2v) is 9.51. The molecule has 0 amide bonds. The summed E-state index contributed by atoms with van der Waals surface area (Å²) >= 11 is 0. The SMILES string of the molecule is CCCc1ccc(C(=O)OCCSSCCOC(=O)c2ccc(CCC)cc2)cc1. The van der Waals surface area contributed by atoms with Gasteiger partial charge < -0.3 is 9.47 Å². The van der Waals surface area contributed by atoms with E-state index in [1.807, 2.05) is 48.5 Å². The van der Waals surface area contributed by atoms with Crippen LogP contribution in [-0.4, -0.2) is 36.7 Å². The number of carbonyl (C=O) groups excluding carboxylic acids is 2. The molecule has 0 heterocycles. The molecule has 0 saturated heterocycles. The van der Waals surface area contributed by atoms with Gasteiger partial charge >= 0.3 is 11.9 Å². The fourth-order valence-corrected chi connectivity index (χ4v) is 4.47. The Morgan fingerprint density at radius 3 is 1.37 bits per heavy atom. The number of benzene rings is 2. The summed E-state index contributed by atoms with van der Waals surface area (Å²) in [6, 6.07) is 15.2. The molecule has 0 aromatic heterocycles. The lowest BCUT2D eigenvalue weighted by atomic mass is 10.1. The van der Waals surface area contributed by atoms with Gasteiger partial charge in [0.15, 0.2) is 0 Å². The van der Waals surface area contributed by atoms with E-state index in [0.29, 0.717) is 35.8 Å². The Kier molecular flexibility index (Phi) is 11.5. The van der Waals surface area contributed by atoms with Crippen molar-refractivity contribution in [3.8, 4) is 0 Å². The topological polar surface area (TPSA) is 52.6 Å². The molecule has 0 atom stereocenters. The Labute approximate surface area is 187 Å². The van der Waals surface area contributed by atoms with Gasteiger partial charge in [0.1, 0.15) is 13.2 Å². The van der Waals surface area contributed by atoms with Crippen LogP contribution in [0.1, 0.15) is 58.5 Å². The maximum absolute atomic E-state index is 12.0. The van der Waals surface area contributed by atoms with Gasteiger partial charge in [-0.05, 0) is 48.2 Å². The zero-order valence-electron chi connectivity index (χ0n) is 17.7. The lowest BCUT2D eigenvalue weighted by Crippen LogP contribution is -2.08. The zero-order valence-corrected chi connectivity index (χ0v) is 19.4. The molecule has 30 heavy (non-hydrogen) atoms. The van der Waals surface area contributed by atoms with Crippen molar-refractivity contribution in [2.75, 3.05) is 24.7 Å². The summed E-state index contributed by atoms with van der Waals surface area (Å²) in [5, 5.41) is 0. The first-order valence-corrected chi connectivity index (χ1v) is 12.9. The normalized spacial score (nSPS) is 10.6. The van der Waals surface area contributed by atoms with E-state index in [1.54, 1.807) is 21.6 Å². The first-order chi connectivity index (χ1) is 14.6. The van der Waals surface area contributed by atoms with Crippen LogP contribution in [-0.2, 0) is 22.3 Å². The van der Waals surface area contributed by atoms with Gasteiger partial charge in [0.05, 0.1) is 11.1 Å². The highest BCUT2D eigenvalue weighted by Crippen LogP contribution is 2.20. The zero-order chi connectivity index (χ0) is 21.6. The number of hydrogen-bond acceptors (Lipinski definition) is 6. The summed E-state index contributed by atoms with van der Waals surface area (Å²) in [6.45, 7) is 4.98. The molecule has 2 rings (SSSR count). The number of hydrogen-bond donors (Lipinski definition) is 0. The minimum Gasteiger partial charge on any atom is -0.461 e. The summed E-state index contributed by atoms with van der Waals surface area (Å²) in [7, 11) is 3.21. The molecule has 0 saturated carbocycles. The number of ether oxygens (including phenoxy) is 2. The molecule has 0 aliphatic carbocycles. The fraction of sp³-hybridized carbons (Fsp3) is 0.417. The lowest BCUT2D eigenvalue weighted by molar-refractivity contribution is 0.0520. The van der Waals surface area contributed by atoms with E-state index in [1.165, 1.54) is 11.1 Å². The molecule has 0 aliphatic heterocycles. The number of carbonyl (C=O) groups is 2. The molecule has 0 radical (unpaired) electrons. The Balaban J connectivity index is 1.53. The van der Waals surface area contributed by atoms with Crippen LogP contribution in [0.3, 0.4) is 0 Å². The van der Waals surface area contributed by atoms with Gasteiger partial charge in [-0.3, -0.25) is 0 Å². The van der Waals surface area contributed by atoms with Crippen molar-refractivity contribution in [1.82, 2.24) is 0 Å². The molecule has 6 heteroatoms. The molecule has 0 spiro atoms. The third-order valence-corrected chi connectivity index (χ3v) is 6.67. The fourth-order valence-electron chi connectivity index (χ4n) is 2.81. The molecule has 4 nitrogen and oxygen atoms in total. The summed E-state index contributed by atoms with van der Waals surface area (Å²) in [5.74, 6) is 0.805. The Morgan fingerprint density at radius 2 is 1.03 bits per heavy atom. The third-order valence-electron chi connectivity index (χ3n) is 4.34. The number of rotatable bonds is 13. The second-order valence-electron chi connectivity index (χ2n) is 6.81. The second kappa shape index (κ2) is 14.1. The van der Waals surface area contributed by atoms with Crippen molar-refractivity contribution >= 4 is 33.5 Å². The quantitative estimate of drug-likeness (QED) is 0.214. The smallest absolute Gasteiger partial charge is 0.338 e. The summed E-state index contributed by atoms with van der Waals surface area (Å²) in [6.07, 6.45) is 4.21. The van der Waals surface area contributed by atoms with Gasteiger partial charge in [0, 0.05) is 11.5 Å². The summed E-state index contributed by atoms with van der Waals surface area (Å²) in [5.41, 5.74) is 3.63. The monoisotopic (exact) mass is 446 g/mol. The highest BCUT2D eigenvalue weighted by Gasteiger charge is 2.08. The summed E-state index contributed by atoms with van der Waals surface area (Å²) < 4.78 is 10.6. The largest absolute Gasteiger partial charge is 0.461 e. The van der Waals surface area contributed by atoms with E-state index in [2.05, 4.69) is 13.8 Å². The van der Waals surface area contributed by atoms with Crippen LogP contribution in [0.5, 0.6) is 0 Å². The van der Waals surface area contributed by atoms with Crippen molar-refractivity contribution in [3.63, 3.8) is 0 Å². The minimum atomic E-state index is -0.289. The Hall–Kier alpha value is -1.92. The molecule has 0 N–H and O–H groups in total. The van der Waals surface area contributed by atoms with Crippen molar-refractivity contribution < 1.29 is 19.1 Å². The molecule has 162 valence electrons. The van der Waals surface area contributed by atoms with Gasteiger partial charge in [-0.2, -0.15) is 0 Å². The van der Waals surface area contributed by atoms with Crippen molar-refractivity contribution in [1.29, 1.82) is 0 Å². The first-order valence-electron chi connectivity index (χ1n) is 10.4. The highest BCUT2D eigenvalue weighted by atomic mass is 33.1. The third kappa shape index (κ3) is 8.84. The number of aryl methyl sites for hydroxylation is 2. The van der Waals surface area contributed by atoms with Crippen LogP contribution in [0, 0.1) is 0 Å². The van der Waals surface area contributed by atoms with Gasteiger partial charge in [-0.25, -0.2) is 9.59 Å². The van der Waals surface area contributed by atoms with Crippen LogP contribution in [0.4, 0.5) is 0 Å². The van der Waals surface area contributed by atoms with Crippen molar-refractivity contribution in [2.45, 2.75) is 39.5 Å². The van der Waals surface area contributed by atoms with Crippen LogP contribution in [0.25, 0.3) is 0 Å². The lowest BCUT2D eigenvalue weighted by Gasteiger charge is -2.07. The van der Waals surface area contributed by atoms with E-state index in [9.17, 15) is 9.59 Å². The van der Waals surface area contributed by atoms with E-state index in [0.717, 1.165) is 25.7 Å². The van der Waals surface area contributed by atoms with Crippen LogP contribution >= 0.6 is 21.6 Å². The number of esters is 2. The molecule has 2 aromatic carbocycles. The first kappa shape index (κ1) is 24.4. The van der Waals surface area contributed by atoms with Crippen LogP contribution < -0.4 is 0 Å². The van der Waals surface area contributed by atoms with Gasteiger partial charge in [0.25, 0.3) is 0 Å². The molecule has 0 aliphatic rings. The van der Waals surface area contributed by atoms with Crippen molar-refractivity contribution in [2.24, 2.45) is 0 Å². The predicted octanol–water partition coefficient (Wildman–Crippen LogP) is 5.99. The standard InChI is InChI=1S/C24H30O4S2/c1-3-5-19-7-11-21(12-8-19)23(25)27-15-17-29-30-18-16-28-24(26)22-13-9-20(6-4-2)10-14-22/h7-14H,3-6,15-18H2,1-2H3. The molecule has 0 fully saturated rings. The van der Waals surface area contributed by atoms with E-state index in [4.69, 9.17) is 9.47 Å². The Bertz CT molecular complexity index is 705. The van der Waals surface area contributed by atoms with Crippen LogP contribution in [0.15, 0.2) is 48.5 Å². The maximum atomic E-state index is 12.0. The van der Waals surface area contributed by atoms with E-state index < -0.39 is 0 Å². The van der Waals surface area contributed by atoms with Gasteiger partial charge in [0.2, 0.25) is 0 Å². The maximum Gasteiger partial charge on any atom is 0.338 e. The predicted molar refractivity (Wildman–Crippen MR) is 126 cm³/mol. The molecule has 2 aromatic rings. The van der Waals surface area contributed by atoms with E-state index in [-0.39, 0.29) is 11.9 Å². The van der Waals surface area contributed by atoms with Gasteiger partial charge in [-0.1, -0.05) is 72.5 Å². The molecule has 0 unspecified atom stereocenters. The Morgan fingerprint density at radius 1 is 0.667 bits per heavy atom.